The van der Waals surface area contributed by atoms with Crippen LogP contribution in [0.2, 0.25) is 0 Å². The van der Waals surface area contributed by atoms with E-state index in [4.69, 9.17) is 0 Å². The lowest BCUT2D eigenvalue weighted by Gasteiger charge is -2.39. The molecule has 182 valence electrons. The molecule has 3 aromatic rings. The third kappa shape index (κ3) is 5.86. The first-order valence-electron chi connectivity index (χ1n) is 11.5. The van der Waals surface area contributed by atoms with Crippen molar-refractivity contribution in [2.45, 2.75) is 13.0 Å². The number of carbonyl (C=O) groups excluding carboxylic acids is 2. The Morgan fingerprint density at radius 1 is 1.06 bits per heavy atom. The zero-order chi connectivity index (χ0) is 24.8. The largest absolute Gasteiger partial charge is 0.367 e. The molecule has 1 saturated heterocycles. The summed E-state index contributed by atoms with van der Waals surface area (Å²) in [7, 11) is 0. The molecule has 2 N–H and O–H groups in total. The number of hydrogen-bond donors (Lipinski definition) is 2. The van der Waals surface area contributed by atoms with Crippen LogP contribution >= 0.6 is 15.9 Å². The van der Waals surface area contributed by atoms with E-state index in [2.05, 4.69) is 36.4 Å². The summed E-state index contributed by atoms with van der Waals surface area (Å²) in [5.41, 5.74) is 2.15. The van der Waals surface area contributed by atoms with Crippen LogP contribution in [-0.2, 0) is 4.79 Å². The van der Waals surface area contributed by atoms with Gasteiger partial charge < -0.3 is 15.5 Å². The fraction of sp³-hybridized carbons (Fsp3) is 0.269. The number of nitrogens with one attached hydrogen (secondary N) is 2. The van der Waals surface area contributed by atoms with Crippen LogP contribution in [0.1, 0.15) is 28.9 Å². The Morgan fingerprint density at radius 2 is 1.80 bits per heavy atom. The molecular formula is C26H27BrFN5O2. The topological polar surface area (TPSA) is 77.6 Å². The molecule has 0 spiro atoms. The summed E-state index contributed by atoms with van der Waals surface area (Å²) >= 11 is 3.25. The van der Waals surface area contributed by atoms with Crippen LogP contribution in [0.4, 0.5) is 15.8 Å². The molecule has 1 unspecified atom stereocenters. The number of rotatable bonds is 7. The molecule has 0 aliphatic carbocycles. The highest BCUT2D eigenvalue weighted by molar-refractivity contribution is 9.10. The van der Waals surface area contributed by atoms with Gasteiger partial charge in [-0.15, -0.1) is 0 Å². The molecule has 0 radical (unpaired) electrons. The van der Waals surface area contributed by atoms with Crippen molar-refractivity contribution in [1.82, 2.24) is 15.2 Å². The van der Waals surface area contributed by atoms with E-state index in [1.165, 1.54) is 6.07 Å². The maximum absolute atomic E-state index is 15.0. The van der Waals surface area contributed by atoms with Gasteiger partial charge in [0.05, 0.1) is 11.3 Å². The summed E-state index contributed by atoms with van der Waals surface area (Å²) < 4.78 is 15.4. The van der Waals surface area contributed by atoms with Crippen LogP contribution in [0, 0.1) is 5.82 Å². The molecule has 0 bridgehead atoms. The fourth-order valence-electron chi connectivity index (χ4n) is 4.25. The number of anilines is 2. The quantitative estimate of drug-likeness (QED) is 0.439. The van der Waals surface area contributed by atoms with Gasteiger partial charge in [0.1, 0.15) is 16.5 Å². The predicted molar refractivity (Wildman–Crippen MR) is 138 cm³/mol. The average molecular weight is 540 g/mol. The van der Waals surface area contributed by atoms with Gasteiger partial charge in [-0.25, -0.2) is 9.37 Å². The Balaban J connectivity index is 1.43. The number of amides is 2. The number of likely N-dealkylation sites (N-methyl/N-ethyl adjacent to an activating group) is 1. The SMILES string of the molecule is CCNC(=O)C(c1ccccc1)N1CCN(c2ccc(NC(=O)c3cccnc3Br)cc2F)CC1. The van der Waals surface area contributed by atoms with Gasteiger partial charge >= 0.3 is 0 Å². The molecule has 7 nitrogen and oxygen atoms in total. The summed E-state index contributed by atoms with van der Waals surface area (Å²) in [5, 5.41) is 5.65. The number of benzene rings is 2. The molecule has 2 heterocycles. The maximum atomic E-state index is 15.0. The summed E-state index contributed by atoms with van der Waals surface area (Å²) in [6.45, 7) is 4.85. The number of pyridine rings is 1. The van der Waals surface area contributed by atoms with Crippen LogP contribution < -0.4 is 15.5 Å². The second kappa shape index (κ2) is 11.4. The van der Waals surface area contributed by atoms with Crippen molar-refractivity contribution in [1.29, 1.82) is 0 Å². The number of hydrogen-bond acceptors (Lipinski definition) is 5. The van der Waals surface area contributed by atoms with Crippen molar-refractivity contribution in [2.75, 3.05) is 42.9 Å². The normalized spacial score (nSPS) is 14.9. The standard InChI is InChI=1S/C26H27BrFN5O2/c1-2-29-26(35)23(18-7-4-3-5-8-18)33-15-13-32(14-16-33)22-11-10-19(17-21(22)28)31-25(34)20-9-6-12-30-24(20)27/h3-12,17,23H,2,13-16H2,1H3,(H,29,35)(H,31,34). The minimum Gasteiger partial charge on any atom is -0.367 e. The summed E-state index contributed by atoms with van der Waals surface area (Å²) in [6.07, 6.45) is 1.58. The zero-order valence-corrected chi connectivity index (χ0v) is 21.0. The molecule has 1 aromatic heterocycles. The van der Waals surface area contributed by atoms with Gasteiger partial charge in [0.25, 0.3) is 5.91 Å². The third-order valence-electron chi connectivity index (χ3n) is 5.94. The lowest BCUT2D eigenvalue weighted by atomic mass is 10.0. The van der Waals surface area contributed by atoms with E-state index in [1.54, 1.807) is 30.5 Å². The van der Waals surface area contributed by atoms with E-state index < -0.39 is 5.82 Å². The maximum Gasteiger partial charge on any atom is 0.258 e. The Bertz CT molecular complexity index is 1190. The zero-order valence-electron chi connectivity index (χ0n) is 19.4. The lowest BCUT2D eigenvalue weighted by molar-refractivity contribution is -0.126. The number of piperazine rings is 1. The molecule has 0 saturated carbocycles. The number of carbonyl (C=O) groups is 2. The van der Waals surface area contributed by atoms with E-state index in [1.807, 2.05) is 42.2 Å². The van der Waals surface area contributed by atoms with Crippen LogP contribution in [0.5, 0.6) is 0 Å². The van der Waals surface area contributed by atoms with Crippen molar-refractivity contribution >= 4 is 39.1 Å². The molecule has 1 aliphatic heterocycles. The van der Waals surface area contributed by atoms with Crippen molar-refractivity contribution in [3.05, 3.63) is 88.4 Å². The third-order valence-corrected chi connectivity index (χ3v) is 6.58. The van der Waals surface area contributed by atoms with Gasteiger partial charge in [0.2, 0.25) is 5.91 Å². The number of aromatic nitrogens is 1. The first kappa shape index (κ1) is 24.8. The highest BCUT2D eigenvalue weighted by atomic mass is 79.9. The second-order valence-corrected chi connectivity index (χ2v) is 8.94. The molecular weight excluding hydrogens is 513 g/mol. The second-order valence-electron chi connectivity index (χ2n) is 8.19. The fourth-order valence-corrected chi connectivity index (χ4v) is 4.68. The first-order valence-corrected chi connectivity index (χ1v) is 12.3. The van der Waals surface area contributed by atoms with E-state index >= 15 is 4.39 Å². The molecule has 2 aromatic carbocycles. The Morgan fingerprint density at radius 3 is 2.46 bits per heavy atom. The van der Waals surface area contributed by atoms with Crippen molar-refractivity contribution in [3.8, 4) is 0 Å². The first-order chi connectivity index (χ1) is 17.0. The predicted octanol–water partition coefficient (Wildman–Crippen LogP) is 4.23. The molecule has 4 rings (SSSR count). The highest BCUT2D eigenvalue weighted by Crippen LogP contribution is 2.28. The molecule has 35 heavy (non-hydrogen) atoms. The molecule has 9 heteroatoms. The van der Waals surface area contributed by atoms with E-state index in [9.17, 15) is 9.59 Å². The molecule has 2 amide bonds. The van der Waals surface area contributed by atoms with Crippen LogP contribution in [0.25, 0.3) is 0 Å². The molecule has 1 atom stereocenters. The average Bonchev–Trinajstić information content (AvgIpc) is 2.86. The van der Waals surface area contributed by atoms with Crippen molar-refractivity contribution < 1.29 is 14.0 Å². The van der Waals surface area contributed by atoms with E-state index in [0.29, 0.717) is 54.3 Å². The van der Waals surface area contributed by atoms with Crippen LogP contribution in [0.15, 0.2) is 71.5 Å². The van der Waals surface area contributed by atoms with Gasteiger partial charge in [-0.2, -0.15) is 0 Å². The van der Waals surface area contributed by atoms with Crippen molar-refractivity contribution in [2.24, 2.45) is 0 Å². The van der Waals surface area contributed by atoms with Gasteiger partial charge in [0, 0.05) is 44.6 Å². The molecule has 1 aliphatic rings. The van der Waals surface area contributed by atoms with Gasteiger partial charge in [0.15, 0.2) is 0 Å². The minimum atomic E-state index is -0.412. The lowest BCUT2D eigenvalue weighted by Crippen LogP contribution is -2.51. The molecule has 1 fully saturated rings. The monoisotopic (exact) mass is 539 g/mol. The van der Waals surface area contributed by atoms with E-state index in [0.717, 1.165) is 5.56 Å². The summed E-state index contributed by atoms with van der Waals surface area (Å²) in [5.74, 6) is -0.813. The van der Waals surface area contributed by atoms with E-state index in [-0.39, 0.29) is 17.9 Å². The Labute approximate surface area is 212 Å². The van der Waals surface area contributed by atoms with Crippen LogP contribution in [0.3, 0.4) is 0 Å². The van der Waals surface area contributed by atoms with Gasteiger partial charge in [-0.3, -0.25) is 14.5 Å². The summed E-state index contributed by atoms with van der Waals surface area (Å²) in [4.78, 5) is 33.5. The van der Waals surface area contributed by atoms with Crippen LogP contribution in [-0.4, -0.2) is 54.4 Å². The smallest absolute Gasteiger partial charge is 0.258 e. The Kier molecular flexibility index (Phi) is 8.09. The Hall–Kier alpha value is -3.30. The van der Waals surface area contributed by atoms with Gasteiger partial charge in [-0.05, 0) is 58.7 Å². The number of nitrogens with zero attached hydrogens (tertiary/aromatic N) is 3. The number of halogens is 2. The summed E-state index contributed by atoms with van der Waals surface area (Å²) in [6, 6.07) is 17.3. The van der Waals surface area contributed by atoms with Gasteiger partial charge in [-0.1, -0.05) is 30.3 Å². The van der Waals surface area contributed by atoms with Crippen molar-refractivity contribution in [3.63, 3.8) is 0 Å². The minimum absolute atomic E-state index is 0.0290. The highest BCUT2D eigenvalue weighted by Gasteiger charge is 2.30.